The van der Waals surface area contributed by atoms with Crippen LogP contribution >= 0.6 is 23.2 Å². The van der Waals surface area contributed by atoms with Crippen LogP contribution in [-0.2, 0) is 13.2 Å². The maximum atomic E-state index is 9.48. The topological polar surface area (TPSA) is 41.5 Å². The van der Waals surface area contributed by atoms with Crippen molar-refractivity contribution in [2.75, 3.05) is 5.32 Å². The van der Waals surface area contributed by atoms with Gasteiger partial charge in [0.2, 0.25) is 0 Å². The fourth-order valence-electron chi connectivity index (χ4n) is 3.22. The number of fused-ring (bicyclic) bond motifs is 1. The van der Waals surface area contributed by atoms with Gasteiger partial charge in [-0.15, -0.1) is 0 Å². The summed E-state index contributed by atoms with van der Waals surface area (Å²) < 4.78 is 6.15. The van der Waals surface area contributed by atoms with E-state index in [9.17, 15) is 5.11 Å². The summed E-state index contributed by atoms with van der Waals surface area (Å²) in [5.74, 6) is 1.01. The van der Waals surface area contributed by atoms with Crippen LogP contribution < -0.4 is 10.1 Å². The van der Waals surface area contributed by atoms with Gasteiger partial charge in [0.1, 0.15) is 18.1 Å². The average Bonchev–Trinajstić information content (AvgIpc) is 2.73. The minimum atomic E-state index is 0.237. The summed E-state index contributed by atoms with van der Waals surface area (Å²) in [5, 5.41) is 16.3. The van der Waals surface area contributed by atoms with Gasteiger partial charge in [0.25, 0.3) is 0 Å². The first-order chi connectivity index (χ1) is 14.1. The Morgan fingerprint density at radius 2 is 1.48 bits per heavy atom. The molecule has 0 atom stereocenters. The third-order valence-corrected chi connectivity index (χ3v) is 5.48. The van der Waals surface area contributed by atoms with Gasteiger partial charge in [-0.2, -0.15) is 0 Å². The van der Waals surface area contributed by atoms with E-state index >= 15 is 0 Å². The first-order valence-electron chi connectivity index (χ1n) is 9.21. The molecule has 4 aromatic rings. The van der Waals surface area contributed by atoms with Crippen LogP contribution in [0.2, 0.25) is 10.0 Å². The first kappa shape index (κ1) is 19.4. The van der Waals surface area contributed by atoms with Crippen molar-refractivity contribution in [3.05, 3.63) is 100 Å². The second-order valence-corrected chi connectivity index (χ2v) is 7.47. The molecule has 4 rings (SSSR count). The van der Waals surface area contributed by atoms with Crippen molar-refractivity contribution in [2.24, 2.45) is 0 Å². The van der Waals surface area contributed by atoms with Gasteiger partial charge in [0.05, 0.1) is 0 Å². The van der Waals surface area contributed by atoms with E-state index in [-0.39, 0.29) is 12.4 Å². The summed E-state index contributed by atoms with van der Waals surface area (Å²) in [6, 6.07) is 24.6. The van der Waals surface area contributed by atoms with E-state index in [1.54, 1.807) is 24.3 Å². The molecule has 0 amide bonds. The van der Waals surface area contributed by atoms with Gasteiger partial charge in [-0.05, 0) is 53.2 Å². The highest BCUT2D eigenvalue weighted by atomic mass is 35.5. The van der Waals surface area contributed by atoms with Gasteiger partial charge in [0, 0.05) is 33.4 Å². The highest BCUT2D eigenvalue weighted by Crippen LogP contribution is 2.31. The fourth-order valence-corrected chi connectivity index (χ4v) is 3.73. The molecule has 0 saturated carbocycles. The molecule has 0 radical (unpaired) electrons. The normalized spacial score (nSPS) is 10.8. The summed E-state index contributed by atoms with van der Waals surface area (Å²) in [6.07, 6.45) is 0. The molecular weight excluding hydrogens is 405 g/mol. The lowest BCUT2D eigenvalue weighted by molar-refractivity contribution is 0.304. The summed E-state index contributed by atoms with van der Waals surface area (Å²) in [4.78, 5) is 0. The molecule has 0 heterocycles. The number of nitrogens with one attached hydrogen (secondary N) is 1. The Morgan fingerprint density at radius 1 is 0.759 bits per heavy atom. The minimum absolute atomic E-state index is 0.237. The zero-order valence-corrected chi connectivity index (χ0v) is 17.0. The van der Waals surface area contributed by atoms with Crippen molar-refractivity contribution in [3.8, 4) is 11.5 Å². The Labute approximate surface area is 179 Å². The van der Waals surface area contributed by atoms with Gasteiger partial charge in [-0.25, -0.2) is 0 Å². The lowest BCUT2D eigenvalue weighted by atomic mass is 10.0. The molecule has 0 saturated heterocycles. The summed E-state index contributed by atoms with van der Waals surface area (Å²) in [6.45, 7) is 0.848. The quantitative estimate of drug-likeness (QED) is 0.326. The van der Waals surface area contributed by atoms with Crippen LogP contribution in [0.1, 0.15) is 11.1 Å². The number of anilines is 1. The number of halogens is 2. The third-order valence-electron chi connectivity index (χ3n) is 4.77. The second-order valence-electron chi connectivity index (χ2n) is 6.65. The van der Waals surface area contributed by atoms with Crippen molar-refractivity contribution in [2.45, 2.75) is 13.2 Å². The molecule has 0 bridgehead atoms. The minimum Gasteiger partial charge on any atom is -0.508 e. The Hall–Kier alpha value is -2.88. The van der Waals surface area contributed by atoms with Gasteiger partial charge < -0.3 is 15.2 Å². The number of aromatic hydroxyl groups is 1. The lowest BCUT2D eigenvalue weighted by Gasteiger charge is -2.16. The van der Waals surface area contributed by atoms with Crippen LogP contribution in [0.4, 0.5) is 5.69 Å². The summed E-state index contributed by atoms with van der Waals surface area (Å²) >= 11 is 12.6. The molecule has 5 heteroatoms. The predicted octanol–water partition coefficient (Wildman–Crippen LogP) is 7.04. The van der Waals surface area contributed by atoms with E-state index < -0.39 is 0 Å². The summed E-state index contributed by atoms with van der Waals surface area (Å²) in [7, 11) is 0. The second kappa shape index (κ2) is 8.64. The van der Waals surface area contributed by atoms with Gasteiger partial charge >= 0.3 is 0 Å². The first-order valence-corrected chi connectivity index (χ1v) is 9.96. The molecule has 146 valence electrons. The Balaban J connectivity index is 1.64. The molecule has 0 fully saturated rings. The van der Waals surface area contributed by atoms with Crippen molar-refractivity contribution in [1.29, 1.82) is 0 Å². The average molecular weight is 424 g/mol. The molecule has 0 aromatic heterocycles. The maximum Gasteiger partial charge on any atom is 0.125 e. The zero-order chi connectivity index (χ0) is 20.2. The van der Waals surface area contributed by atoms with E-state index in [1.807, 2.05) is 42.5 Å². The molecule has 29 heavy (non-hydrogen) atoms. The Kier molecular flexibility index (Phi) is 5.79. The number of rotatable bonds is 6. The highest BCUT2D eigenvalue weighted by molar-refractivity contribution is 6.35. The number of hydrogen-bond acceptors (Lipinski definition) is 3. The van der Waals surface area contributed by atoms with Crippen LogP contribution in [0.15, 0.2) is 78.9 Å². The third kappa shape index (κ3) is 4.42. The maximum absolute atomic E-state index is 9.48. The fraction of sp³-hybridized carbons (Fsp3) is 0.0833. The molecule has 0 aliphatic rings. The van der Waals surface area contributed by atoms with Crippen LogP contribution in [0.25, 0.3) is 10.8 Å². The summed E-state index contributed by atoms with van der Waals surface area (Å²) in [5.41, 5.74) is 2.72. The number of phenolic OH excluding ortho intramolecular Hbond substituents is 1. The van der Waals surface area contributed by atoms with Crippen molar-refractivity contribution >= 4 is 39.7 Å². The molecule has 0 aliphatic heterocycles. The predicted molar refractivity (Wildman–Crippen MR) is 120 cm³/mol. The number of ether oxygens (including phenoxy) is 1. The molecular formula is C24H19Cl2NO2. The molecule has 0 aliphatic carbocycles. The monoisotopic (exact) mass is 423 g/mol. The van der Waals surface area contributed by atoms with E-state index in [1.165, 1.54) is 0 Å². The van der Waals surface area contributed by atoms with Crippen LogP contribution in [-0.4, -0.2) is 5.11 Å². The highest BCUT2D eigenvalue weighted by Gasteiger charge is 2.12. The largest absolute Gasteiger partial charge is 0.508 e. The van der Waals surface area contributed by atoms with E-state index in [4.69, 9.17) is 27.9 Å². The molecule has 4 aromatic carbocycles. The molecule has 0 unspecified atom stereocenters. The van der Waals surface area contributed by atoms with E-state index in [2.05, 4.69) is 17.4 Å². The smallest absolute Gasteiger partial charge is 0.125 e. The van der Waals surface area contributed by atoms with E-state index in [0.29, 0.717) is 16.6 Å². The van der Waals surface area contributed by atoms with Crippen LogP contribution in [0.5, 0.6) is 11.5 Å². The van der Waals surface area contributed by atoms with E-state index in [0.717, 1.165) is 33.3 Å². The van der Waals surface area contributed by atoms with Crippen LogP contribution in [0, 0.1) is 0 Å². The van der Waals surface area contributed by atoms with Crippen LogP contribution in [0.3, 0.4) is 0 Å². The molecule has 3 nitrogen and oxygen atoms in total. The number of hydrogen-bond donors (Lipinski definition) is 2. The SMILES string of the molecule is Oc1ccc(NCc2c(OCc3c(Cl)cccc3Cl)ccc3ccccc23)cc1. The molecule has 0 spiro atoms. The Bertz CT molecular complexity index is 1120. The lowest BCUT2D eigenvalue weighted by Crippen LogP contribution is -2.05. The van der Waals surface area contributed by atoms with Gasteiger partial charge in [-0.3, -0.25) is 0 Å². The van der Waals surface area contributed by atoms with Gasteiger partial charge in [-0.1, -0.05) is 59.6 Å². The Morgan fingerprint density at radius 3 is 2.24 bits per heavy atom. The zero-order valence-electron chi connectivity index (χ0n) is 15.5. The number of benzene rings is 4. The standard InChI is InChI=1S/C24H19Cl2NO2/c25-22-6-3-7-23(26)21(22)15-29-24-13-8-16-4-1-2-5-19(16)20(24)14-27-17-9-11-18(28)12-10-17/h1-13,27-28H,14-15H2. The van der Waals surface area contributed by atoms with Crippen molar-refractivity contribution in [3.63, 3.8) is 0 Å². The van der Waals surface area contributed by atoms with Gasteiger partial charge in [0.15, 0.2) is 0 Å². The molecule has 2 N–H and O–H groups in total. The number of phenols is 1. The van der Waals surface area contributed by atoms with Crippen molar-refractivity contribution in [1.82, 2.24) is 0 Å². The van der Waals surface area contributed by atoms with Crippen molar-refractivity contribution < 1.29 is 9.84 Å².